The zero-order valence-corrected chi connectivity index (χ0v) is 14.7. The van der Waals surface area contributed by atoms with Crippen LogP contribution < -0.4 is 0 Å². The van der Waals surface area contributed by atoms with Crippen molar-refractivity contribution in [3.63, 3.8) is 0 Å². The minimum absolute atomic E-state index is 0.589. The highest BCUT2D eigenvalue weighted by Crippen LogP contribution is 2.39. The maximum Gasteiger partial charge on any atom is 0.0998 e. The average molecular weight is 332 g/mol. The Balaban J connectivity index is 2.24. The van der Waals surface area contributed by atoms with Gasteiger partial charge in [-0.05, 0) is 47.5 Å². The predicted molar refractivity (Wildman–Crippen MR) is 106 cm³/mol. The summed E-state index contributed by atoms with van der Waals surface area (Å²) < 4.78 is 0. The maximum absolute atomic E-state index is 9.74. The summed E-state index contributed by atoms with van der Waals surface area (Å²) in [7, 11) is 0. The third-order valence-electron chi connectivity index (χ3n) is 4.84. The smallest absolute Gasteiger partial charge is 0.0998 e. The Morgan fingerprint density at radius 3 is 1.38 bits per heavy atom. The molecule has 2 nitrogen and oxygen atoms in total. The van der Waals surface area contributed by atoms with Gasteiger partial charge in [0.15, 0.2) is 0 Å². The minimum atomic E-state index is 0.589. The summed E-state index contributed by atoms with van der Waals surface area (Å²) >= 11 is 0. The average Bonchev–Trinajstić information content (AvgIpc) is 2.65. The number of benzene rings is 4. The van der Waals surface area contributed by atoms with E-state index in [1.54, 1.807) is 0 Å². The molecule has 0 aliphatic heterocycles. The van der Waals surface area contributed by atoms with E-state index in [-0.39, 0.29) is 0 Å². The van der Waals surface area contributed by atoms with Gasteiger partial charge in [0, 0.05) is 11.1 Å². The van der Waals surface area contributed by atoms with Crippen molar-refractivity contribution in [2.75, 3.05) is 0 Å². The first-order chi connectivity index (χ1) is 12.6. The van der Waals surface area contributed by atoms with Crippen LogP contribution in [0.15, 0.2) is 60.7 Å². The highest BCUT2D eigenvalue weighted by atomic mass is 14.3. The Morgan fingerprint density at radius 1 is 0.577 bits per heavy atom. The zero-order valence-electron chi connectivity index (χ0n) is 14.7. The van der Waals surface area contributed by atoms with Gasteiger partial charge in [-0.2, -0.15) is 10.5 Å². The van der Waals surface area contributed by atoms with E-state index in [1.807, 2.05) is 36.4 Å². The Kier molecular flexibility index (Phi) is 3.68. The molecule has 0 atom stereocenters. The molecule has 0 amide bonds. The van der Waals surface area contributed by atoms with Gasteiger partial charge in [0.05, 0.1) is 23.3 Å². The second-order valence-corrected chi connectivity index (χ2v) is 6.65. The van der Waals surface area contributed by atoms with Crippen molar-refractivity contribution >= 4 is 21.5 Å². The summed E-state index contributed by atoms with van der Waals surface area (Å²) in [6.45, 7) is 4.11. The molecular weight excluding hydrogens is 316 g/mol. The normalized spacial score (nSPS) is 10.6. The van der Waals surface area contributed by atoms with Crippen molar-refractivity contribution in [3.8, 4) is 23.3 Å². The molecule has 0 saturated carbocycles. The first kappa shape index (κ1) is 15.9. The Labute approximate surface area is 152 Å². The molecule has 0 bridgehead atoms. The van der Waals surface area contributed by atoms with Crippen molar-refractivity contribution in [1.29, 1.82) is 10.5 Å². The molecule has 0 N–H and O–H groups in total. The Hall–Kier alpha value is -3.62. The summed E-state index contributed by atoms with van der Waals surface area (Å²) in [4.78, 5) is 0. The van der Waals surface area contributed by atoms with Crippen LogP contribution in [-0.2, 0) is 0 Å². The number of rotatable bonds is 1. The second-order valence-electron chi connectivity index (χ2n) is 6.65. The van der Waals surface area contributed by atoms with E-state index in [0.717, 1.165) is 32.7 Å². The lowest BCUT2D eigenvalue weighted by molar-refractivity contribution is 1.46. The molecule has 0 aliphatic carbocycles. The van der Waals surface area contributed by atoms with Crippen molar-refractivity contribution < 1.29 is 0 Å². The lowest BCUT2D eigenvalue weighted by Crippen LogP contribution is -1.93. The number of nitrogens with zero attached hydrogens (tertiary/aromatic N) is 2. The summed E-state index contributed by atoms with van der Waals surface area (Å²) in [5.74, 6) is 0. The zero-order chi connectivity index (χ0) is 18.3. The molecule has 0 aromatic heterocycles. The quantitative estimate of drug-likeness (QED) is 0.428. The summed E-state index contributed by atoms with van der Waals surface area (Å²) in [5, 5.41) is 23.6. The van der Waals surface area contributed by atoms with Crippen molar-refractivity contribution in [2.24, 2.45) is 0 Å². The van der Waals surface area contributed by atoms with Crippen molar-refractivity contribution in [2.45, 2.75) is 13.8 Å². The first-order valence-corrected chi connectivity index (χ1v) is 8.49. The van der Waals surface area contributed by atoms with Crippen LogP contribution in [0.1, 0.15) is 22.3 Å². The van der Waals surface area contributed by atoms with Gasteiger partial charge in [0.25, 0.3) is 0 Å². The molecule has 0 radical (unpaired) electrons. The third-order valence-corrected chi connectivity index (χ3v) is 4.84. The largest absolute Gasteiger partial charge is 0.192 e. The third kappa shape index (κ3) is 2.41. The lowest BCUT2D eigenvalue weighted by atomic mass is 9.87. The molecule has 0 unspecified atom stereocenters. The number of fused-ring (bicyclic) bond motifs is 2. The van der Waals surface area contributed by atoms with E-state index in [0.29, 0.717) is 11.1 Å². The van der Waals surface area contributed by atoms with Crippen LogP contribution in [0.5, 0.6) is 0 Å². The predicted octanol–water partition coefficient (Wildman–Crippen LogP) is 6.02. The van der Waals surface area contributed by atoms with Crippen LogP contribution in [0, 0.1) is 36.5 Å². The molecule has 4 rings (SSSR count). The van der Waals surface area contributed by atoms with Crippen molar-refractivity contribution in [3.05, 3.63) is 82.9 Å². The fourth-order valence-electron chi connectivity index (χ4n) is 3.62. The SMILES string of the molecule is Cc1ccc2c(-c3c(C#N)ccc4cc(C)ccc34)c(C#N)ccc2c1. The number of aryl methyl sites for hydroxylation is 2. The van der Waals surface area contributed by atoms with E-state index in [9.17, 15) is 10.5 Å². The lowest BCUT2D eigenvalue weighted by Gasteiger charge is -2.15. The highest BCUT2D eigenvalue weighted by Gasteiger charge is 2.17. The number of hydrogen-bond acceptors (Lipinski definition) is 2. The molecule has 26 heavy (non-hydrogen) atoms. The standard InChI is InChI=1S/C24H16N2/c1-15-3-9-21-17(11-15)5-7-19(13-25)23(21)24-20(14-26)8-6-18-12-16(2)4-10-22(18)24/h3-12H,1-2H3. The Bertz CT molecular complexity index is 1170. The van der Waals surface area contributed by atoms with Crippen LogP contribution in [0.25, 0.3) is 32.7 Å². The molecule has 0 fully saturated rings. The van der Waals surface area contributed by atoms with Gasteiger partial charge in [0.1, 0.15) is 0 Å². The van der Waals surface area contributed by atoms with Gasteiger partial charge < -0.3 is 0 Å². The van der Waals surface area contributed by atoms with E-state index >= 15 is 0 Å². The summed E-state index contributed by atoms with van der Waals surface area (Å²) in [5.41, 5.74) is 5.20. The van der Waals surface area contributed by atoms with Gasteiger partial charge in [-0.25, -0.2) is 0 Å². The molecule has 122 valence electrons. The first-order valence-electron chi connectivity index (χ1n) is 8.49. The van der Waals surface area contributed by atoms with E-state index in [1.165, 1.54) is 11.1 Å². The van der Waals surface area contributed by atoms with Crippen LogP contribution >= 0.6 is 0 Å². The minimum Gasteiger partial charge on any atom is -0.192 e. The maximum atomic E-state index is 9.74. The van der Waals surface area contributed by atoms with Crippen LogP contribution in [0.4, 0.5) is 0 Å². The van der Waals surface area contributed by atoms with Gasteiger partial charge >= 0.3 is 0 Å². The number of hydrogen-bond donors (Lipinski definition) is 0. The molecule has 0 heterocycles. The second kappa shape index (κ2) is 6.03. The highest BCUT2D eigenvalue weighted by molar-refractivity contribution is 6.09. The van der Waals surface area contributed by atoms with E-state index in [4.69, 9.17) is 0 Å². The number of nitriles is 2. The molecule has 4 aromatic rings. The molecular formula is C24H16N2. The molecule has 4 aromatic carbocycles. The van der Waals surface area contributed by atoms with Crippen molar-refractivity contribution in [1.82, 2.24) is 0 Å². The van der Waals surface area contributed by atoms with E-state index < -0.39 is 0 Å². The van der Waals surface area contributed by atoms with Gasteiger partial charge in [-0.3, -0.25) is 0 Å². The molecule has 0 aliphatic rings. The summed E-state index contributed by atoms with van der Waals surface area (Å²) in [6.07, 6.45) is 0. The fraction of sp³-hybridized carbons (Fsp3) is 0.0833. The molecule has 0 saturated heterocycles. The topological polar surface area (TPSA) is 47.6 Å². The molecule has 2 heteroatoms. The van der Waals surface area contributed by atoms with Crippen LogP contribution in [0.3, 0.4) is 0 Å². The van der Waals surface area contributed by atoms with Gasteiger partial charge in [-0.15, -0.1) is 0 Å². The Morgan fingerprint density at radius 2 is 1.00 bits per heavy atom. The van der Waals surface area contributed by atoms with Crippen LogP contribution in [-0.4, -0.2) is 0 Å². The van der Waals surface area contributed by atoms with Gasteiger partial charge in [0.2, 0.25) is 0 Å². The molecule has 0 spiro atoms. The van der Waals surface area contributed by atoms with Gasteiger partial charge in [-0.1, -0.05) is 59.7 Å². The monoisotopic (exact) mass is 332 g/mol. The summed E-state index contributed by atoms with van der Waals surface area (Å²) in [6, 6.07) is 24.7. The fourth-order valence-corrected chi connectivity index (χ4v) is 3.62. The van der Waals surface area contributed by atoms with Crippen LogP contribution in [0.2, 0.25) is 0 Å². The van der Waals surface area contributed by atoms with E-state index in [2.05, 4.69) is 50.3 Å².